The molecule has 0 unspecified atom stereocenters. The fourth-order valence-corrected chi connectivity index (χ4v) is 4.09. The van der Waals surface area contributed by atoms with Crippen LogP contribution in [-0.4, -0.2) is 44.0 Å². The van der Waals surface area contributed by atoms with E-state index < -0.39 is 8.07 Å². The Labute approximate surface area is 180 Å². The maximum absolute atomic E-state index is 6.01. The van der Waals surface area contributed by atoms with Crippen molar-refractivity contribution in [3.05, 3.63) is 35.0 Å². The van der Waals surface area contributed by atoms with Gasteiger partial charge in [0.05, 0.1) is 23.6 Å². The lowest BCUT2D eigenvalue weighted by Crippen LogP contribution is -2.22. The zero-order valence-corrected chi connectivity index (χ0v) is 19.7. The van der Waals surface area contributed by atoms with Crippen molar-refractivity contribution in [1.29, 1.82) is 0 Å². The van der Waals surface area contributed by atoms with Gasteiger partial charge in [0.25, 0.3) is 0 Å². The van der Waals surface area contributed by atoms with Crippen LogP contribution in [0.4, 0.5) is 0 Å². The average molecular weight is 443 g/mol. The molecular formula is C20H26N6O2SSi. The van der Waals surface area contributed by atoms with Gasteiger partial charge in [-0.3, -0.25) is 0 Å². The highest BCUT2D eigenvalue weighted by atomic mass is 32.1. The van der Waals surface area contributed by atoms with Gasteiger partial charge in [-0.2, -0.15) is 5.10 Å². The first-order valence-corrected chi connectivity index (χ1v) is 14.0. The van der Waals surface area contributed by atoms with Gasteiger partial charge in [-0.1, -0.05) is 19.6 Å². The molecule has 0 saturated carbocycles. The van der Waals surface area contributed by atoms with Gasteiger partial charge in [0.1, 0.15) is 18.2 Å². The fourth-order valence-electron chi connectivity index (χ4n) is 3.14. The van der Waals surface area contributed by atoms with E-state index in [9.17, 15) is 0 Å². The number of pyridine rings is 2. The van der Waals surface area contributed by atoms with Gasteiger partial charge in [0.2, 0.25) is 0 Å². The molecule has 4 aromatic rings. The van der Waals surface area contributed by atoms with Crippen LogP contribution in [0.25, 0.3) is 22.2 Å². The Balaban J connectivity index is 1.53. The zero-order chi connectivity index (χ0) is 21.5. The second-order valence-electron chi connectivity index (χ2n) is 8.61. The molecule has 0 radical (unpaired) electrons. The molecular weight excluding hydrogens is 416 g/mol. The molecule has 4 rings (SSSR count). The standard InChI is InChI=1S/C20H26N6O2SSi/c1-13-16-8-14(28-15-9-17-18(21-10-15)23-20(29)25(17)2)11-22-19(16)26(24-13)12-27-6-7-30(3,4)5/h8-11H,6-7,12H2,1-5H3,(H,21,23,29). The van der Waals surface area contributed by atoms with Crippen molar-refractivity contribution in [2.45, 2.75) is 39.3 Å². The van der Waals surface area contributed by atoms with Crippen molar-refractivity contribution >= 4 is 42.5 Å². The number of aromatic nitrogens is 6. The third-order valence-electron chi connectivity index (χ3n) is 4.93. The van der Waals surface area contributed by atoms with Gasteiger partial charge in [0.15, 0.2) is 16.1 Å². The maximum Gasteiger partial charge on any atom is 0.179 e. The Hall–Kier alpha value is -2.56. The quantitative estimate of drug-likeness (QED) is 0.252. The molecule has 10 heteroatoms. The van der Waals surface area contributed by atoms with E-state index in [1.54, 1.807) is 17.1 Å². The van der Waals surface area contributed by atoms with Gasteiger partial charge in [-0.15, -0.1) is 0 Å². The van der Waals surface area contributed by atoms with Crippen LogP contribution >= 0.6 is 12.2 Å². The van der Waals surface area contributed by atoms with Crippen molar-refractivity contribution in [2.75, 3.05) is 6.61 Å². The molecule has 158 valence electrons. The molecule has 0 atom stereocenters. The SMILES string of the molecule is Cc1nn(COCC[Si](C)(C)C)c2ncc(Oc3cnc4[nH]c(=S)n(C)c4c3)cc12. The Morgan fingerprint density at radius 1 is 1.13 bits per heavy atom. The summed E-state index contributed by atoms with van der Waals surface area (Å²) >= 11 is 5.25. The number of hydrogen-bond donors (Lipinski definition) is 1. The monoisotopic (exact) mass is 442 g/mol. The average Bonchev–Trinajstić information content (AvgIpc) is 3.15. The van der Waals surface area contributed by atoms with E-state index in [0.29, 0.717) is 23.0 Å². The molecule has 0 spiro atoms. The highest BCUT2D eigenvalue weighted by Crippen LogP contribution is 2.27. The van der Waals surface area contributed by atoms with Gasteiger partial charge >= 0.3 is 0 Å². The van der Waals surface area contributed by atoms with Crippen LogP contribution in [0.5, 0.6) is 11.5 Å². The number of nitrogens with one attached hydrogen (secondary N) is 1. The first kappa shape index (κ1) is 20.7. The molecule has 30 heavy (non-hydrogen) atoms. The van der Waals surface area contributed by atoms with E-state index in [0.717, 1.165) is 40.5 Å². The molecule has 4 aromatic heterocycles. The normalized spacial score (nSPS) is 12.2. The summed E-state index contributed by atoms with van der Waals surface area (Å²) in [5.74, 6) is 1.25. The van der Waals surface area contributed by atoms with E-state index in [2.05, 4.69) is 39.7 Å². The highest BCUT2D eigenvalue weighted by Gasteiger charge is 2.14. The van der Waals surface area contributed by atoms with Crippen LogP contribution in [0.3, 0.4) is 0 Å². The predicted octanol–water partition coefficient (Wildman–Crippen LogP) is 4.79. The summed E-state index contributed by atoms with van der Waals surface area (Å²) < 4.78 is 16.1. The number of ether oxygens (including phenoxy) is 2. The smallest absolute Gasteiger partial charge is 0.179 e. The van der Waals surface area contributed by atoms with Gasteiger partial charge < -0.3 is 19.0 Å². The van der Waals surface area contributed by atoms with Crippen molar-refractivity contribution in [2.24, 2.45) is 7.05 Å². The van der Waals surface area contributed by atoms with E-state index in [4.69, 9.17) is 21.7 Å². The van der Waals surface area contributed by atoms with Crippen LogP contribution in [0, 0.1) is 11.7 Å². The molecule has 0 aliphatic carbocycles. The highest BCUT2D eigenvalue weighted by molar-refractivity contribution is 7.71. The maximum atomic E-state index is 6.01. The Bertz CT molecular complexity index is 1270. The van der Waals surface area contributed by atoms with Crippen molar-refractivity contribution < 1.29 is 9.47 Å². The number of hydrogen-bond acceptors (Lipinski definition) is 6. The van der Waals surface area contributed by atoms with E-state index in [-0.39, 0.29) is 0 Å². The number of nitrogens with zero attached hydrogens (tertiary/aromatic N) is 5. The first-order valence-electron chi connectivity index (χ1n) is 9.85. The molecule has 0 bridgehead atoms. The largest absolute Gasteiger partial charge is 0.454 e. The van der Waals surface area contributed by atoms with Crippen molar-refractivity contribution in [1.82, 2.24) is 29.3 Å². The number of imidazole rings is 1. The van der Waals surface area contributed by atoms with E-state index in [1.807, 2.05) is 30.7 Å². The third-order valence-corrected chi connectivity index (χ3v) is 7.01. The van der Waals surface area contributed by atoms with Crippen LogP contribution in [0.15, 0.2) is 24.5 Å². The molecule has 4 heterocycles. The molecule has 0 amide bonds. The minimum Gasteiger partial charge on any atom is -0.454 e. The minimum atomic E-state index is -1.11. The van der Waals surface area contributed by atoms with Crippen LogP contribution in [-0.2, 0) is 18.5 Å². The zero-order valence-electron chi connectivity index (χ0n) is 17.9. The summed E-state index contributed by atoms with van der Waals surface area (Å²) in [5.41, 5.74) is 3.29. The van der Waals surface area contributed by atoms with Crippen molar-refractivity contribution in [3.63, 3.8) is 0 Å². The van der Waals surface area contributed by atoms with E-state index in [1.165, 1.54) is 0 Å². The molecule has 0 saturated heterocycles. The number of aromatic amines is 1. The number of H-pyrrole nitrogens is 1. The molecule has 0 aromatic carbocycles. The van der Waals surface area contributed by atoms with Crippen LogP contribution in [0.2, 0.25) is 25.7 Å². The van der Waals surface area contributed by atoms with Gasteiger partial charge in [0, 0.05) is 33.2 Å². The molecule has 0 aliphatic heterocycles. The summed E-state index contributed by atoms with van der Waals surface area (Å²) in [6, 6.07) is 4.98. The number of fused-ring (bicyclic) bond motifs is 2. The Morgan fingerprint density at radius 2 is 1.87 bits per heavy atom. The summed E-state index contributed by atoms with van der Waals surface area (Å²) in [4.78, 5) is 12.0. The predicted molar refractivity (Wildman–Crippen MR) is 122 cm³/mol. The third kappa shape index (κ3) is 4.30. The summed E-state index contributed by atoms with van der Waals surface area (Å²) in [6.07, 6.45) is 3.36. The molecule has 0 aliphatic rings. The fraction of sp³-hybridized carbons (Fsp3) is 0.400. The first-order chi connectivity index (χ1) is 14.2. The van der Waals surface area contributed by atoms with Crippen LogP contribution in [0.1, 0.15) is 5.69 Å². The topological polar surface area (TPSA) is 82.8 Å². The molecule has 8 nitrogen and oxygen atoms in total. The minimum absolute atomic E-state index is 0.399. The lowest BCUT2D eigenvalue weighted by Gasteiger charge is -2.15. The summed E-state index contributed by atoms with van der Waals surface area (Å²) in [6.45, 7) is 10.1. The lowest BCUT2D eigenvalue weighted by molar-refractivity contribution is 0.0810. The van der Waals surface area contributed by atoms with Gasteiger partial charge in [-0.05, 0) is 31.3 Å². The van der Waals surface area contributed by atoms with Gasteiger partial charge in [-0.25, -0.2) is 14.6 Å². The number of aryl methyl sites for hydroxylation is 2. The second-order valence-corrected chi connectivity index (χ2v) is 14.6. The van der Waals surface area contributed by atoms with Crippen LogP contribution < -0.4 is 4.74 Å². The Kier molecular flexibility index (Phi) is 5.47. The molecule has 1 N–H and O–H groups in total. The summed E-state index contributed by atoms with van der Waals surface area (Å²) in [5, 5.41) is 5.52. The molecule has 0 fully saturated rings. The lowest BCUT2D eigenvalue weighted by atomic mass is 10.3. The summed E-state index contributed by atoms with van der Waals surface area (Å²) in [7, 11) is 0.783. The second kappa shape index (κ2) is 7.93. The Morgan fingerprint density at radius 3 is 2.63 bits per heavy atom. The number of rotatable bonds is 7. The van der Waals surface area contributed by atoms with Crippen molar-refractivity contribution in [3.8, 4) is 11.5 Å². The van der Waals surface area contributed by atoms with E-state index >= 15 is 0 Å².